The maximum Gasteiger partial charge on any atom is 0.115 e. The van der Waals surface area contributed by atoms with E-state index in [0.29, 0.717) is 0 Å². The second kappa shape index (κ2) is 8.73. The Kier molecular flexibility index (Phi) is 6.37. The topological polar surface area (TPSA) is 99.4 Å². The molecule has 2 aromatic carbocycles. The minimum Gasteiger partial charge on any atom is -0.387 e. The van der Waals surface area contributed by atoms with Crippen LogP contribution in [0.3, 0.4) is 0 Å². The van der Waals surface area contributed by atoms with E-state index in [0.717, 1.165) is 11.1 Å². The normalized spacial score (nSPS) is 31.7. The van der Waals surface area contributed by atoms with Crippen molar-refractivity contribution in [3.05, 3.63) is 71.8 Å². The van der Waals surface area contributed by atoms with E-state index in [1.165, 1.54) is 0 Å². The molecular weight excluding hydrogens is 336 g/mol. The average molecular weight is 360 g/mol. The van der Waals surface area contributed by atoms with Gasteiger partial charge in [0.05, 0.1) is 13.2 Å². The molecule has 0 saturated heterocycles. The first kappa shape index (κ1) is 19.0. The molecule has 0 spiro atoms. The van der Waals surface area contributed by atoms with Crippen molar-refractivity contribution in [3.63, 3.8) is 0 Å². The monoisotopic (exact) mass is 360 g/mol. The molecule has 4 N–H and O–H groups in total. The van der Waals surface area contributed by atoms with Crippen molar-refractivity contribution in [1.82, 2.24) is 0 Å². The number of aliphatic hydroxyl groups excluding tert-OH is 4. The fourth-order valence-corrected chi connectivity index (χ4v) is 3.11. The number of benzene rings is 2. The summed E-state index contributed by atoms with van der Waals surface area (Å²) in [6.07, 6.45) is -7.74. The van der Waals surface area contributed by atoms with E-state index in [1.54, 1.807) is 0 Å². The lowest BCUT2D eigenvalue weighted by Gasteiger charge is -2.43. The smallest absolute Gasteiger partial charge is 0.115 e. The lowest BCUT2D eigenvalue weighted by Crippen LogP contribution is -2.64. The summed E-state index contributed by atoms with van der Waals surface area (Å²) < 4.78 is 11.3. The molecule has 4 atom stereocenters. The molecule has 1 aliphatic rings. The predicted molar refractivity (Wildman–Crippen MR) is 94.1 cm³/mol. The van der Waals surface area contributed by atoms with Crippen LogP contribution < -0.4 is 0 Å². The standard InChI is InChI=1S/C20H24O6/c21-15-16(22)19(25-11-13-7-3-1-4-8-13)18(24)20(17(15)23)26-12-14-9-5-2-6-10-14/h1-10,15-24H,11-12H2. The molecule has 1 saturated carbocycles. The maximum atomic E-state index is 10.6. The highest BCUT2D eigenvalue weighted by Crippen LogP contribution is 2.27. The maximum absolute atomic E-state index is 10.6. The van der Waals surface area contributed by atoms with Crippen molar-refractivity contribution in [1.29, 1.82) is 0 Å². The number of hydrogen-bond acceptors (Lipinski definition) is 6. The lowest BCUT2D eigenvalue weighted by molar-refractivity contribution is -0.250. The molecule has 6 heteroatoms. The van der Waals surface area contributed by atoms with Crippen LogP contribution in [0.2, 0.25) is 0 Å². The van der Waals surface area contributed by atoms with Crippen molar-refractivity contribution in [2.45, 2.75) is 49.8 Å². The van der Waals surface area contributed by atoms with Crippen LogP contribution in [0.4, 0.5) is 0 Å². The second-order valence-corrected chi connectivity index (χ2v) is 6.48. The first-order valence-electron chi connectivity index (χ1n) is 8.61. The van der Waals surface area contributed by atoms with Gasteiger partial charge in [0.25, 0.3) is 0 Å². The number of ether oxygens (including phenoxy) is 2. The van der Waals surface area contributed by atoms with Gasteiger partial charge >= 0.3 is 0 Å². The summed E-state index contributed by atoms with van der Waals surface area (Å²) in [5.74, 6) is 0. The van der Waals surface area contributed by atoms with E-state index in [4.69, 9.17) is 9.47 Å². The summed E-state index contributed by atoms with van der Waals surface area (Å²) in [7, 11) is 0. The van der Waals surface area contributed by atoms with Crippen LogP contribution in [0.1, 0.15) is 11.1 Å². The van der Waals surface area contributed by atoms with Gasteiger partial charge in [-0.05, 0) is 11.1 Å². The molecule has 140 valence electrons. The van der Waals surface area contributed by atoms with Crippen LogP contribution in [-0.4, -0.2) is 57.0 Å². The van der Waals surface area contributed by atoms with Crippen LogP contribution in [0.15, 0.2) is 60.7 Å². The first-order valence-corrected chi connectivity index (χ1v) is 8.61. The fraction of sp³-hybridized carbons (Fsp3) is 0.400. The van der Waals surface area contributed by atoms with Crippen LogP contribution >= 0.6 is 0 Å². The number of rotatable bonds is 6. The molecule has 1 fully saturated rings. The number of hydrogen-bond donors (Lipinski definition) is 4. The molecule has 1 aliphatic carbocycles. The average Bonchev–Trinajstić information content (AvgIpc) is 2.68. The molecular formula is C20H24O6. The van der Waals surface area contributed by atoms with Gasteiger partial charge in [0, 0.05) is 0 Å². The molecule has 0 heterocycles. The third kappa shape index (κ3) is 4.29. The SMILES string of the molecule is OC1C(O)C(OCc2ccccc2)C(O)C(OCc2ccccc2)C1O. The Hall–Kier alpha value is -1.80. The van der Waals surface area contributed by atoms with Gasteiger partial charge in [0.15, 0.2) is 0 Å². The molecule has 0 aromatic heterocycles. The summed E-state index contributed by atoms with van der Waals surface area (Å²) in [6, 6.07) is 18.6. The largest absolute Gasteiger partial charge is 0.387 e. The lowest BCUT2D eigenvalue weighted by atomic mass is 9.84. The van der Waals surface area contributed by atoms with Crippen LogP contribution in [-0.2, 0) is 22.7 Å². The molecule has 0 radical (unpaired) electrons. The Morgan fingerprint density at radius 3 is 1.31 bits per heavy atom. The Morgan fingerprint density at radius 2 is 0.923 bits per heavy atom. The highest BCUT2D eigenvalue weighted by Gasteiger charge is 2.50. The van der Waals surface area contributed by atoms with Crippen LogP contribution in [0.25, 0.3) is 0 Å². The third-order valence-electron chi connectivity index (χ3n) is 4.62. The van der Waals surface area contributed by atoms with E-state index < -0.39 is 36.6 Å². The summed E-state index contributed by atoms with van der Waals surface area (Å²) in [5.41, 5.74) is 1.74. The van der Waals surface area contributed by atoms with Crippen LogP contribution in [0, 0.1) is 0 Å². The van der Waals surface area contributed by atoms with E-state index in [9.17, 15) is 20.4 Å². The fourth-order valence-electron chi connectivity index (χ4n) is 3.11. The summed E-state index contributed by atoms with van der Waals surface area (Å²) in [4.78, 5) is 0. The van der Waals surface area contributed by atoms with E-state index in [-0.39, 0.29) is 13.2 Å². The minimum atomic E-state index is -1.47. The van der Waals surface area contributed by atoms with Gasteiger partial charge in [-0.2, -0.15) is 0 Å². The zero-order valence-corrected chi connectivity index (χ0v) is 14.3. The molecule has 3 rings (SSSR count). The van der Waals surface area contributed by atoms with Gasteiger partial charge in [-0.15, -0.1) is 0 Å². The van der Waals surface area contributed by atoms with Crippen molar-refractivity contribution < 1.29 is 29.9 Å². The first-order chi connectivity index (χ1) is 12.6. The van der Waals surface area contributed by atoms with E-state index in [2.05, 4.69) is 0 Å². The van der Waals surface area contributed by atoms with E-state index >= 15 is 0 Å². The zero-order chi connectivity index (χ0) is 18.5. The summed E-state index contributed by atoms with van der Waals surface area (Å²) in [6.45, 7) is 0.321. The Morgan fingerprint density at radius 1 is 0.538 bits per heavy atom. The van der Waals surface area contributed by atoms with Crippen molar-refractivity contribution in [2.75, 3.05) is 0 Å². The van der Waals surface area contributed by atoms with Gasteiger partial charge < -0.3 is 29.9 Å². The second-order valence-electron chi connectivity index (χ2n) is 6.48. The number of aliphatic hydroxyl groups is 4. The summed E-state index contributed by atoms with van der Waals surface area (Å²) in [5, 5.41) is 41.1. The highest BCUT2D eigenvalue weighted by atomic mass is 16.5. The summed E-state index contributed by atoms with van der Waals surface area (Å²) >= 11 is 0. The molecule has 2 aromatic rings. The third-order valence-corrected chi connectivity index (χ3v) is 4.62. The molecule has 4 unspecified atom stereocenters. The van der Waals surface area contributed by atoms with Gasteiger partial charge in [-0.3, -0.25) is 0 Å². The van der Waals surface area contributed by atoms with Crippen LogP contribution in [0.5, 0.6) is 0 Å². The molecule has 0 aliphatic heterocycles. The van der Waals surface area contributed by atoms with Gasteiger partial charge in [0.1, 0.15) is 36.6 Å². The van der Waals surface area contributed by atoms with Crippen molar-refractivity contribution in [3.8, 4) is 0 Å². The Labute approximate surface area is 152 Å². The Balaban J connectivity index is 1.66. The zero-order valence-electron chi connectivity index (χ0n) is 14.3. The molecule has 0 bridgehead atoms. The van der Waals surface area contributed by atoms with Gasteiger partial charge in [-0.1, -0.05) is 60.7 Å². The van der Waals surface area contributed by atoms with Gasteiger partial charge in [-0.25, -0.2) is 0 Å². The predicted octanol–water partition coefficient (Wildman–Crippen LogP) is 0.614. The van der Waals surface area contributed by atoms with Gasteiger partial charge in [0.2, 0.25) is 0 Å². The molecule has 6 nitrogen and oxygen atoms in total. The Bertz CT molecular complexity index is 607. The van der Waals surface area contributed by atoms with Crippen molar-refractivity contribution >= 4 is 0 Å². The molecule has 0 amide bonds. The van der Waals surface area contributed by atoms with E-state index in [1.807, 2.05) is 60.7 Å². The quantitative estimate of drug-likeness (QED) is 0.603. The highest BCUT2D eigenvalue weighted by molar-refractivity contribution is 5.15. The molecule has 26 heavy (non-hydrogen) atoms. The van der Waals surface area contributed by atoms with Crippen molar-refractivity contribution in [2.24, 2.45) is 0 Å². The minimum absolute atomic E-state index is 0.161.